The number of sulfonamides is 1. The van der Waals surface area contributed by atoms with Gasteiger partial charge < -0.3 is 5.32 Å². The zero-order valence-corrected chi connectivity index (χ0v) is 10.2. The molecule has 8 heteroatoms. The first-order valence-electron chi connectivity index (χ1n) is 5.28. The topological polar surface area (TPSA) is 96.3 Å². The molecular formula is C9H13N5O2S. The molecule has 2 rings (SSSR count). The maximum atomic E-state index is 11.8. The summed E-state index contributed by atoms with van der Waals surface area (Å²) in [5.74, 6) is 0.235. The Morgan fingerprint density at radius 2 is 2.12 bits per heavy atom. The van der Waals surface area contributed by atoms with Crippen molar-refractivity contribution in [2.24, 2.45) is 4.99 Å². The van der Waals surface area contributed by atoms with Gasteiger partial charge in [0.05, 0.1) is 18.1 Å². The molecule has 0 spiro atoms. The van der Waals surface area contributed by atoms with Gasteiger partial charge in [0.15, 0.2) is 0 Å². The molecule has 0 bridgehead atoms. The summed E-state index contributed by atoms with van der Waals surface area (Å²) in [5, 5.41) is 10.0. The predicted molar refractivity (Wildman–Crippen MR) is 63.2 cm³/mol. The van der Waals surface area contributed by atoms with Gasteiger partial charge in [-0.2, -0.15) is 10.2 Å². The quantitative estimate of drug-likeness (QED) is 0.759. The number of anilines is 1. The monoisotopic (exact) mass is 255 g/mol. The number of guanidine groups is 1. The van der Waals surface area contributed by atoms with E-state index in [1.54, 1.807) is 0 Å². The van der Waals surface area contributed by atoms with Crippen molar-refractivity contribution >= 4 is 21.7 Å². The first-order chi connectivity index (χ1) is 8.13. The van der Waals surface area contributed by atoms with Crippen molar-refractivity contribution in [3.8, 4) is 0 Å². The van der Waals surface area contributed by atoms with Crippen LogP contribution in [-0.2, 0) is 10.0 Å². The number of hydrogen-bond acceptors (Lipinski definition) is 5. The van der Waals surface area contributed by atoms with Gasteiger partial charge in [0.2, 0.25) is 5.96 Å². The second-order valence-corrected chi connectivity index (χ2v) is 5.23. The highest BCUT2D eigenvalue weighted by molar-refractivity contribution is 7.90. The first-order valence-corrected chi connectivity index (χ1v) is 6.77. The van der Waals surface area contributed by atoms with Crippen LogP contribution in [0.5, 0.6) is 0 Å². The molecule has 0 unspecified atom stereocenters. The van der Waals surface area contributed by atoms with Gasteiger partial charge in [-0.25, -0.2) is 13.1 Å². The number of hydrogen-bond donors (Lipinski definition) is 2. The van der Waals surface area contributed by atoms with E-state index in [1.165, 1.54) is 12.4 Å². The Hall–Kier alpha value is -1.70. The van der Waals surface area contributed by atoms with E-state index in [0.717, 1.165) is 12.8 Å². The van der Waals surface area contributed by atoms with E-state index in [1.807, 2.05) is 6.92 Å². The predicted octanol–water partition coefficient (Wildman–Crippen LogP) is 0.336. The zero-order valence-electron chi connectivity index (χ0n) is 9.34. The maximum absolute atomic E-state index is 11.8. The van der Waals surface area contributed by atoms with Crippen LogP contribution in [-0.4, -0.2) is 31.1 Å². The molecule has 0 saturated heterocycles. The van der Waals surface area contributed by atoms with Gasteiger partial charge in [0.25, 0.3) is 10.0 Å². The number of aromatic nitrogens is 2. The smallest absolute Gasteiger partial charge is 0.267 e. The Morgan fingerprint density at radius 3 is 2.88 bits per heavy atom. The van der Waals surface area contributed by atoms with Crippen molar-refractivity contribution < 1.29 is 8.42 Å². The number of rotatable bonds is 3. The number of nitrogens with zero attached hydrogens (tertiary/aromatic N) is 3. The van der Waals surface area contributed by atoms with Gasteiger partial charge in [0, 0.05) is 6.54 Å². The molecule has 0 atom stereocenters. The van der Waals surface area contributed by atoms with Crippen LogP contribution in [0.1, 0.15) is 19.8 Å². The molecule has 1 aromatic rings. The molecule has 92 valence electrons. The Bertz CT molecular complexity index is 540. The fourth-order valence-electron chi connectivity index (χ4n) is 1.37. The molecule has 1 aliphatic rings. The minimum atomic E-state index is -3.57. The Balaban J connectivity index is 2.29. The highest BCUT2D eigenvalue weighted by atomic mass is 32.2. The van der Waals surface area contributed by atoms with Crippen LogP contribution in [0.4, 0.5) is 5.69 Å². The third-order valence-corrected chi connectivity index (χ3v) is 3.62. The molecule has 0 amide bonds. The van der Waals surface area contributed by atoms with Gasteiger partial charge >= 0.3 is 0 Å². The summed E-state index contributed by atoms with van der Waals surface area (Å²) >= 11 is 0. The summed E-state index contributed by atoms with van der Waals surface area (Å²) in [6.07, 6.45) is 4.48. The molecule has 1 aromatic heterocycles. The first kappa shape index (κ1) is 11.8. The Kier molecular flexibility index (Phi) is 3.23. The summed E-state index contributed by atoms with van der Waals surface area (Å²) < 4.78 is 26.0. The number of aliphatic imine (C=N–C) groups is 1. The van der Waals surface area contributed by atoms with Crippen molar-refractivity contribution in [2.75, 3.05) is 11.9 Å². The lowest BCUT2D eigenvalue weighted by Crippen LogP contribution is -2.41. The number of nitrogens with one attached hydrogen (secondary N) is 2. The molecule has 2 heterocycles. The molecule has 0 aliphatic carbocycles. The van der Waals surface area contributed by atoms with Crippen LogP contribution in [0, 0.1) is 0 Å². The largest absolute Gasteiger partial charge is 0.323 e. The van der Waals surface area contributed by atoms with Crippen LogP contribution < -0.4 is 10.0 Å². The van der Waals surface area contributed by atoms with E-state index >= 15 is 0 Å². The zero-order chi connectivity index (χ0) is 12.3. The number of fused-ring (bicyclic) bond motifs is 1. The third kappa shape index (κ3) is 2.52. The van der Waals surface area contributed by atoms with E-state index in [-0.39, 0.29) is 10.9 Å². The SMILES string of the molecule is CCCCN=C1Nc2cnncc2S(=O)(=O)N1. The summed E-state index contributed by atoms with van der Waals surface area (Å²) in [5.41, 5.74) is 0.397. The summed E-state index contributed by atoms with van der Waals surface area (Å²) in [6, 6.07) is 0. The molecular weight excluding hydrogens is 242 g/mol. The molecule has 17 heavy (non-hydrogen) atoms. The lowest BCUT2D eigenvalue weighted by molar-refractivity contribution is 0.590. The van der Waals surface area contributed by atoms with Gasteiger partial charge in [-0.15, -0.1) is 0 Å². The lowest BCUT2D eigenvalue weighted by atomic mass is 10.3. The van der Waals surface area contributed by atoms with Crippen molar-refractivity contribution in [1.82, 2.24) is 14.9 Å². The van der Waals surface area contributed by atoms with E-state index < -0.39 is 10.0 Å². The second kappa shape index (κ2) is 4.66. The third-order valence-electron chi connectivity index (χ3n) is 2.25. The van der Waals surface area contributed by atoms with E-state index in [9.17, 15) is 8.42 Å². The fraction of sp³-hybridized carbons (Fsp3) is 0.444. The summed E-state index contributed by atoms with van der Waals surface area (Å²) in [7, 11) is -3.57. The maximum Gasteiger partial charge on any atom is 0.267 e. The van der Waals surface area contributed by atoms with Gasteiger partial charge in [-0.1, -0.05) is 13.3 Å². The Labute approximate surface area is 99.4 Å². The minimum Gasteiger partial charge on any atom is -0.323 e. The Morgan fingerprint density at radius 1 is 1.35 bits per heavy atom. The standard InChI is InChI=1S/C9H13N5O2S/c1-2-3-4-10-9-13-7-5-11-12-6-8(7)17(15,16)14-9/h5-6H,2-4H2,1H3,(H2,10,13,14). The molecule has 0 fully saturated rings. The average molecular weight is 255 g/mol. The highest BCUT2D eigenvalue weighted by Crippen LogP contribution is 2.21. The van der Waals surface area contributed by atoms with E-state index in [0.29, 0.717) is 12.2 Å². The number of unbranched alkanes of at least 4 members (excludes halogenated alkanes) is 1. The van der Waals surface area contributed by atoms with E-state index in [4.69, 9.17) is 0 Å². The van der Waals surface area contributed by atoms with Crippen LogP contribution >= 0.6 is 0 Å². The second-order valence-electron chi connectivity index (χ2n) is 3.58. The van der Waals surface area contributed by atoms with Crippen molar-refractivity contribution in [1.29, 1.82) is 0 Å². The molecule has 1 aliphatic heterocycles. The van der Waals surface area contributed by atoms with Gasteiger partial charge in [-0.3, -0.25) is 4.99 Å². The molecule has 0 saturated carbocycles. The van der Waals surface area contributed by atoms with Gasteiger partial charge in [0.1, 0.15) is 4.90 Å². The minimum absolute atomic E-state index is 0.0851. The van der Waals surface area contributed by atoms with Crippen LogP contribution in [0.15, 0.2) is 22.3 Å². The summed E-state index contributed by atoms with van der Waals surface area (Å²) in [4.78, 5) is 4.22. The normalized spacial score (nSPS) is 19.2. The van der Waals surface area contributed by atoms with Crippen molar-refractivity contribution in [3.05, 3.63) is 12.4 Å². The van der Waals surface area contributed by atoms with E-state index in [2.05, 4.69) is 25.2 Å². The molecule has 7 nitrogen and oxygen atoms in total. The molecule has 0 radical (unpaired) electrons. The van der Waals surface area contributed by atoms with Crippen LogP contribution in [0.25, 0.3) is 0 Å². The highest BCUT2D eigenvalue weighted by Gasteiger charge is 2.26. The lowest BCUT2D eigenvalue weighted by Gasteiger charge is -2.20. The van der Waals surface area contributed by atoms with Gasteiger partial charge in [-0.05, 0) is 6.42 Å². The fourth-order valence-corrected chi connectivity index (χ4v) is 2.43. The van der Waals surface area contributed by atoms with Crippen molar-refractivity contribution in [2.45, 2.75) is 24.7 Å². The average Bonchev–Trinajstić information content (AvgIpc) is 2.29. The van der Waals surface area contributed by atoms with Crippen LogP contribution in [0.2, 0.25) is 0 Å². The van der Waals surface area contributed by atoms with Crippen LogP contribution in [0.3, 0.4) is 0 Å². The molecule has 2 N–H and O–H groups in total. The summed E-state index contributed by atoms with van der Waals surface area (Å²) in [6.45, 7) is 2.62. The van der Waals surface area contributed by atoms with Crippen molar-refractivity contribution in [3.63, 3.8) is 0 Å². The molecule has 0 aromatic carbocycles.